The number of alkyl halides is 2. The highest BCUT2D eigenvalue weighted by molar-refractivity contribution is 6.40. The van der Waals surface area contributed by atoms with Crippen molar-refractivity contribution in [2.24, 2.45) is 11.1 Å². The van der Waals surface area contributed by atoms with Crippen LogP contribution in [-0.2, 0) is 22.6 Å². The van der Waals surface area contributed by atoms with E-state index in [1.807, 2.05) is 12.1 Å². The number of likely N-dealkylation sites (tertiary alicyclic amines) is 1. The number of rotatable bonds is 11. The standard InChI is InChI=1S/C32H41F2N7O4/c33-32(34)19-41(31(44)29(22-9-10-22)39-45-25-7-3-4-8-25)14-12-27(32)38-28-15-26(36-20-37-28)30(43)35-16-24(42)18-40-13-11-21-5-1-2-6-23(21)17-40/h1-2,5-6,15,20,22,24-25,27,42H,3-4,7-14,16-19H2,(H,35,43)(H,36,37,38)/t24-,27?/m0/s1. The van der Waals surface area contributed by atoms with E-state index >= 15 is 8.78 Å². The fourth-order valence-electron chi connectivity index (χ4n) is 6.34. The lowest BCUT2D eigenvalue weighted by Gasteiger charge is -2.38. The second-order valence-electron chi connectivity index (χ2n) is 12.6. The van der Waals surface area contributed by atoms with Crippen molar-refractivity contribution in [3.8, 4) is 0 Å². The quantitative estimate of drug-likeness (QED) is 0.257. The summed E-state index contributed by atoms with van der Waals surface area (Å²) in [5.41, 5.74) is 2.81. The molecular weight excluding hydrogens is 584 g/mol. The highest BCUT2D eigenvalue weighted by Gasteiger charge is 2.48. The van der Waals surface area contributed by atoms with E-state index in [1.165, 1.54) is 22.1 Å². The molecule has 11 nitrogen and oxygen atoms in total. The van der Waals surface area contributed by atoms with Crippen LogP contribution in [0.15, 0.2) is 41.8 Å². The van der Waals surface area contributed by atoms with E-state index in [9.17, 15) is 14.7 Å². The van der Waals surface area contributed by atoms with Crippen molar-refractivity contribution in [1.29, 1.82) is 0 Å². The molecule has 2 amide bonds. The summed E-state index contributed by atoms with van der Waals surface area (Å²) >= 11 is 0. The zero-order valence-electron chi connectivity index (χ0n) is 25.3. The number of piperidine rings is 1. The van der Waals surface area contributed by atoms with Crippen LogP contribution >= 0.6 is 0 Å². The first-order chi connectivity index (χ1) is 21.7. The normalized spacial score (nSPS) is 22.9. The van der Waals surface area contributed by atoms with Crippen LogP contribution in [0.25, 0.3) is 0 Å². The van der Waals surface area contributed by atoms with E-state index in [1.54, 1.807) is 0 Å². The minimum absolute atomic E-state index is 0.00456. The van der Waals surface area contributed by atoms with Gasteiger partial charge in [0.05, 0.1) is 18.7 Å². The third-order valence-corrected chi connectivity index (χ3v) is 9.07. The van der Waals surface area contributed by atoms with Gasteiger partial charge in [-0.3, -0.25) is 14.5 Å². The molecule has 1 unspecified atom stereocenters. The van der Waals surface area contributed by atoms with Crippen molar-refractivity contribution in [2.45, 2.75) is 82.1 Å². The maximum atomic E-state index is 15.3. The lowest BCUT2D eigenvalue weighted by Crippen LogP contribution is -2.57. The molecular formula is C32H41F2N7O4. The average molecular weight is 626 g/mol. The van der Waals surface area contributed by atoms with Crippen LogP contribution in [-0.4, -0.2) is 99.3 Å². The maximum absolute atomic E-state index is 15.3. The molecule has 3 heterocycles. The third-order valence-electron chi connectivity index (χ3n) is 9.07. The Labute approximate surface area is 261 Å². The molecule has 1 aromatic heterocycles. The smallest absolute Gasteiger partial charge is 0.285 e. The number of hydrogen-bond donors (Lipinski definition) is 3. The molecule has 6 rings (SSSR count). The summed E-state index contributed by atoms with van der Waals surface area (Å²) in [4.78, 5) is 43.0. The molecule has 2 atom stereocenters. The van der Waals surface area contributed by atoms with Crippen molar-refractivity contribution in [3.63, 3.8) is 0 Å². The zero-order chi connectivity index (χ0) is 31.4. The number of amides is 2. The maximum Gasteiger partial charge on any atom is 0.285 e. The van der Waals surface area contributed by atoms with Crippen LogP contribution < -0.4 is 10.6 Å². The van der Waals surface area contributed by atoms with Gasteiger partial charge in [0.1, 0.15) is 29.7 Å². The summed E-state index contributed by atoms with van der Waals surface area (Å²) < 4.78 is 30.7. The van der Waals surface area contributed by atoms with Crippen LogP contribution in [0.3, 0.4) is 0 Å². The van der Waals surface area contributed by atoms with Gasteiger partial charge in [-0.1, -0.05) is 29.4 Å². The van der Waals surface area contributed by atoms with Crippen LogP contribution in [0, 0.1) is 5.92 Å². The lowest BCUT2D eigenvalue weighted by atomic mass is 9.99. The van der Waals surface area contributed by atoms with E-state index in [0.717, 1.165) is 64.4 Å². The van der Waals surface area contributed by atoms with Gasteiger partial charge in [0.25, 0.3) is 17.7 Å². The number of hydrogen-bond acceptors (Lipinski definition) is 9. The van der Waals surface area contributed by atoms with E-state index in [0.29, 0.717) is 6.54 Å². The molecule has 0 spiro atoms. The van der Waals surface area contributed by atoms with E-state index in [-0.39, 0.29) is 48.8 Å². The summed E-state index contributed by atoms with van der Waals surface area (Å²) in [5, 5.41) is 20.1. The fraction of sp³-hybridized carbons (Fsp3) is 0.594. The second kappa shape index (κ2) is 13.7. The van der Waals surface area contributed by atoms with Crippen LogP contribution in [0.4, 0.5) is 14.6 Å². The summed E-state index contributed by atoms with van der Waals surface area (Å²) in [6.07, 6.45) is 6.78. The molecule has 1 aromatic carbocycles. The molecule has 13 heteroatoms. The van der Waals surface area contributed by atoms with Crippen LogP contribution in [0.1, 0.15) is 66.6 Å². The molecule has 4 aliphatic rings. The molecule has 2 aromatic rings. The molecule has 45 heavy (non-hydrogen) atoms. The van der Waals surface area contributed by atoms with Gasteiger partial charge in [0, 0.05) is 44.7 Å². The minimum atomic E-state index is -3.25. The molecule has 2 saturated carbocycles. The Morgan fingerprint density at radius 2 is 1.87 bits per heavy atom. The number of carbonyl (C=O) groups is 2. The van der Waals surface area contributed by atoms with E-state index in [2.05, 4.69) is 42.8 Å². The number of β-amino-alcohol motifs (C(OH)–C–C–N with tert-alkyl or cyclic N) is 1. The van der Waals surface area contributed by atoms with Crippen LogP contribution in [0.2, 0.25) is 0 Å². The minimum Gasteiger partial charge on any atom is -0.392 e. The first-order valence-corrected chi connectivity index (χ1v) is 16.0. The number of fused-ring (bicyclic) bond motifs is 1. The van der Waals surface area contributed by atoms with Gasteiger partial charge in [0.2, 0.25) is 0 Å². The van der Waals surface area contributed by atoms with Gasteiger partial charge in [-0.15, -0.1) is 0 Å². The Hall–Kier alpha value is -3.71. The van der Waals surface area contributed by atoms with E-state index < -0.39 is 36.4 Å². The first-order valence-electron chi connectivity index (χ1n) is 16.0. The number of nitrogens with one attached hydrogen (secondary N) is 2. The Morgan fingerprint density at radius 3 is 2.62 bits per heavy atom. The Morgan fingerprint density at radius 1 is 1.09 bits per heavy atom. The Balaban J connectivity index is 0.991. The lowest BCUT2D eigenvalue weighted by molar-refractivity contribution is -0.136. The first kappa shape index (κ1) is 31.3. The number of carbonyl (C=O) groups excluding carboxylic acids is 2. The molecule has 3 N–H and O–H groups in total. The topological polar surface area (TPSA) is 132 Å². The summed E-state index contributed by atoms with van der Waals surface area (Å²) in [7, 11) is 0. The number of benzene rings is 1. The van der Waals surface area contributed by atoms with Crippen molar-refractivity contribution >= 4 is 23.3 Å². The van der Waals surface area contributed by atoms with Crippen molar-refractivity contribution in [2.75, 3.05) is 38.0 Å². The average Bonchev–Trinajstić information content (AvgIpc) is 3.74. The van der Waals surface area contributed by atoms with Crippen molar-refractivity contribution < 1.29 is 28.3 Å². The molecule has 3 fully saturated rings. The summed E-state index contributed by atoms with van der Waals surface area (Å²) in [6.45, 7) is 1.36. The fourth-order valence-corrected chi connectivity index (χ4v) is 6.34. The van der Waals surface area contributed by atoms with Crippen LogP contribution in [0.5, 0.6) is 0 Å². The summed E-state index contributed by atoms with van der Waals surface area (Å²) in [5.74, 6) is -4.22. The largest absolute Gasteiger partial charge is 0.392 e. The highest BCUT2D eigenvalue weighted by atomic mass is 19.3. The van der Waals surface area contributed by atoms with Gasteiger partial charge in [-0.05, 0) is 62.5 Å². The number of aromatic nitrogens is 2. The highest BCUT2D eigenvalue weighted by Crippen LogP contribution is 2.35. The third kappa shape index (κ3) is 7.93. The number of anilines is 1. The number of nitrogens with zero attached hydrogens (tertiary/aromatic N) is 5. The van der Waals surface area contributed by atoms with Gasteiger partial charge < -0.3 is 25.5 Å². The number of oxime groups is 1. The van der Waals surface area contributed by atoms with Crippen molar-refractivity contribution in [1.82, 2.24) is 25.1 Å². The molecule has 0 bridgehead atoms. The molecule has 2 aliphatic carbocycles. The van der Waals surface area contributed by atoms with Crippen molar-refractivity contribution in [3.05, 3.63) is 53.5 Å². The Kier molecular flexibility index (Phi) is 9.55. The van der Waals surface area contributed by atoms with Gasteiger partial charge in [0.15, 0.2) is 0 Å². The number of aliphatic hydroxyl groups excluding tert-OH is 1. The predicted molar refractivity (Wildman–Crippen MR) is 163 cm³/mol. The van der Waals surface area contributed by atoms with Gasteiger partial charge in [-0.25, -0.2) is 18.7 Å². The van der Waals surface area contributed by atoms with Gasteiger partial charge >= 0.3 is 0 Å². The summed E-state index contributed by atoms with van der Waals surface area (Å²) in [6, 6.07) is 8.26. The zero-order valence-corrected chi connectivity index (χ0v) is 25.3. The monoisotopic (exact) mass is 625 g/mol. The van der Waals surface area contributed by atoms with E-state index in [4.69, 9.17) is 4.84 Å². The molecule has 0 radical (unpaired) electrons. The molecule has 242 valence electrons. The number of aliphatic hydroxyl groups is 1. The Bertz CT molecular complexity index is 1400. The van der Waals surface area contributed by atoms with Gasteiger partial charge in [-0.2, -0.15) is 0 Å². The predicted octanol–water partition coefficient (Wildman–Crippen LogP) is 3.00. The number of halogens is 2. The molecule has 2 aliphatic heterocycles. The molecule has 1 saturated heterocycles. The second-order valence-corrected chi connectivity index (χ2v) is 12.6. The SMILES string of the molecule is O=C(NC[C@H](O)CN1CCc2ccccc2C1)c1cc(NC2CCN(C(=O)C(=NOC3CCCC3)C3CC3)CC2(F)F)ncn1.